The largest absolute Gasteiger partial charge is 0.460 e. The smallest absolute Gasteiger partial charge is 0.338 e. The van der Waals surface area contributed by atoms with Crippen LogP contribution in [0.4, 0.5) is 0 Å². The van der Waals surface area contributed by atoms with E-state index >= 15 is 0 Å². The van der Waals surface area contributed by atoms with Crippen molar-refractivity contribution in [1.29, 1.82) is 0 Å². The molecule has 0 spiro atoms. The Balaban J connectivity index is 2.52. The van der Waals surface area contributed by atoms with E-state index in [2.05, 4.69) is 26.4 Å². The van der Waals surface area contributed by atoms with Crippen LogP contribution in [-0.4, -0.2) is 48.7 Å². The minimum Gasteiger partial charge on any atom is -0.460 e. The molecule has 0 aliphatic rings. The van der Waals surface area contributed by atoms with E-state index in [0.29, 0.717) is 28.9 Å². The van der Waals surface area contributed by atoms with Crippen molar-refractivity contribution in [2.45, 2.75) is 52.7 Å². The second-order valence-corrected chi connectivity index (χ2v) is 12.4. The van der Waals surface area contributed by atoms with Gasteiger partial charge < -0.3 is 9.47 Å². The number of hydrogen-bond donors (Lipinski definition) is 0. The first-order chi connectivity index (χ1) is 12.6. The van der Waals surface area contributed by atoms with Crippen LogP contribution in [0.2, 0.25) is 0 Å². The summed E-state index contributed by atoms with van der Waals surface area (Å²) in [5.74, 6) is 0.449. The standard InChI is InChI=1S/C22H36O4S/c1-8-22(5,9-2)20(23)18-10-12-19(13-11-18)21(24)26-15-14-25-16-27(6,7)17(3)4/h10-13,17H,8-9,14-16H2,1-7H3. The maximum atomic E-state index is 12.7. The topological polar surface area (TPSA) is 52.6 Å². The van der Waals surface area contributed by atoms with E-state index in [0.717, 1.165) is 12.8 Å². The average molecular weight is 397 g/mol. The molecule has 0 saturated carbocycles. The van der Waals surface area contributed by atoms with Crippen molar-refractivity contribution in [3.8, 4) is 0 Å². The number of carbonyl (C=O) groups excluding carboxylic acids is 2. The molecule has 0 heterocycles. The van der Waals surface area contributed by atoms with E-state index in [-0.39, 0.29) is 23.8 Å². The van der Waals surface area contributed by atoms with Crippen LogP contribution in [0.3, 0.4) is 0 Å². The van der Waals surface area contributed by atoms with Crippen molar-refractivity contribution in [2.75, 3.05) is 31.7 Å². The molecule has 0 aromatic heterocycles. The van der Waals surface area contributed by atoms with Gasteiger partial charge in [0.2, 0.25) is 0 Å². The molecule has 4 nitrogen and oxygen atoms in total. The van der Waals surface area contributed by atoms with Crippen molar-refractivity contribution in [3.63, 3.8) is 0 Å². The number of ether oxygens (including phenoxy) is 2. The Morgan fingerprint density at radius 2 is 1.52 bits per heavy atom. The van der Waals surface area contributed by atoms with Crippen LogP contribution in [0.15, 0.2) is 24.3 Å². The van der Waals surface area contributed by atoms with E-state index in [1.54, 1.807) is 24.3 Å². The molecule has 0 atom stereocenters. The molecular formula is C22H36O4S. The quantitative estimate of drug-likeness (QED) is 0.289. The molecule has 0 fully saturated rings. The van der Waals surface area contributed by atoms with E-state index in [1.165, 1.54) is 0 Å². The first-order valence-corrected chi connectivity index (χ1v) is 12.3. The molecule has 0 aliphatic heterocycles. The van der Waals surface area contributed by atoms with Gasteiger partial charge in [-0.15, -0.1) is 0 Å². The molecule has 0 N–H and O–H groups in total. The molecule has 5 heteroatoms. The Hall–Kier alpha value is -1.33. The fourth-order valence-corrected chi connectivity index (χ4v) is 3.18. The second kappa shape index (κ2) is 10.3. The number of rotatable bonds is 11. The lowest BCUT2D eigenvalue weighted by Gasteiger charge is -2.35. The molecule has 1 rings (SSSR count). The normalized spacial score (nSPS) is 12.9. The van der Waals surface area contributed by atoms with Gasteiger partial charge in [-0.1, -0.05) is 46.8 Å². The number of Topliss-reactive ketones (excluding diaryl/α,β-unsaturated/α-hetero) is 1. The number of esters is 1. The highest BCUT2D eigenvalue weighted by Crippen LogP contribution is 2.44. The molecule has 0 radical (unpaired) electrons. The summed E-state index contributed by atoms with van der Waals surface area (Å²) in [6, 6.07) is 6.75. The van der Waals surface area contributed by atoms with Crippen LogP contribution >= 0.6 is 10.0 Å². The van der Waals surface area contributed by atoms with Gasteiger partial charge in [-0.2, -0.15) is 0 Å². The van der Waals surface area contributed by atoms with Gasteiger partial charge in [0, 0.05) is 11.0 Å². The molecular weight excluding hydrogens is 360 g/mol. The highest BCUT2D eigenvalue weighted by molar-refractivity contribution is 8.33. The highest BCUT2D eigenvalue weighted by atomic mass is 32.3. The summed E-state index contributed by atoms with van der Waals surface area (Å²) in [7, 11) is -0.775. The van der Waals surface area contributed by atoms with Gasteiger partial charge in [-0.25, -0.2) is 14.8 Å². The molecule has 27 heavy (non-hydrogen) atoms. The van der Waals surface area contributed by atoms with E-state index in [1.807, 2.05) is 20.8 Å². The predicted molar refractivity (Wildman–Crippen MR) is 115 cm³/mol. The van der Waals surface area contributed by atoms with Gasteiger partial charge in [-0.3, -0.25) is 4.79 Å². The molecule has 154 valence electrons. The lowest BCUT2D eigenvalue weighted by Crippen LogP contribution is -2.26. The average Bonchev–Trinajstić information content (AvgIpc) is 2.66. The SMILES string of the molecule is CCC(C)(CC)C(=O)c1ccc(C(=O)OCCOCS(C)(C)C(C)C)cc1. The van der Waals surface area contributed by atoms with Crippen molar-refractivity contribution >= 4 is 21.8 Å². The lowest BCUT2D eigenvalue weighted by molar-refractivity contribution is 0.0372. The van der Waals surface area contributed by atoms with Gasteiger partial charge in [0.05, 0.1) is 18.1 Å². The second-order valence-electron chi connectivity index (χ2n) is 8.01. The maximum Gasteiger partial charge on any atom is 0.338 e. The summed E-state index contributed by atoms with van der Waals surface area (Å²) < 4.78 is 10.9. The zero-order valence-corrected chi connectivity index (χ0v) is 18.8. The van der Waals surface area contributed by atoms with Crippen molar-refractivity contribution in [2.24, 2.45) is 5.41 Å². The van der Waals surface area contributed by atoms with Gasteiger partial charge >= 0.3 is 5.97 Å². The molecule has 1 aromatic rings. The minimum atomic E-state index is -0.775. The summed E-state index contributed by atoms with van der Waals surface area (Å²) in [4.78, 5) is 24.8. The third-order valence-electron chi connectivity index (χ3n) is 5.62. The van der Waals surface area contributed by atoms with Crippen LogP contribution in [0.5, 0.6) is 0 Å². The summed E-state index contributed by atoms with van der Waals surface area (Å²) in [6.07, 6.45) is 6.08. The predicted octanol–water partition coefficient (Wildman–Crippen LogP) is 5.30. The lowest BCUT2D eigenvalue weighted by atomic mass is 9.78. The summed E-state index contributed by atoms with van der Waals surface area (Å²) in [6.45, 7) is 11.1. The van der Waals surface area contributed by atoms with Crippen LogP contribution in [-0.2, 0) is 9.47 Å². The number of benzene rings is 1. The molecule has 0 bridgehead atoms. The molecule has 1 aromatic carbocycles. The van der Waals surface area contributed by atoms with Gasteiger partial charge in [-0.05, 0) is 42.7 Å². The minimum absolute atomic E-state index is 0.121. The monoisotopic (exact) mass is 396 g/mol. The fraction of sp³-hybridized carbons (Fsp3) is 0.636. The first kappa shape index (κ1) is 23.7. The number of carbonyl (C=O) groups is 2. The van der Waals surface area contributed by atoms with E-state index < -0.39 is 10.0 Å². The third-order valence-corrected chi connectivity index (χ3v) is 8.94. The Labute approximate surface area is 166 Å². The number of ketones is 1. The van der Waals surface area contributed by atoms with E-state index in [9.17, 15) is 9.59 Å². The molecule has 0 aliphatic carbocycles. The zero-order chi connectivity index (χ0) is 20.7. The van der Waals surface area contributed by atoms with Crippen molar-refractivity contribution < 1.29 is 19.1 Å². The Kier molecular flexibility index (Phi) is 9.03. The third kappa shape index (κ3) is 6.65. The van der Waals surface area contributed by atoms with Crippen LogP contribution < -0.4 is 0 Å². The van der Waals surface area contributed by atoms with Crippen molar-refractivity contribution in [3.05, 3.63) is 35.4 Å². The van der Waals surface area contributed by atoms with Gasteiger partial charge in [0.15, 0.2) is 5.78 Å². The first-order valence-electron chi connectivity index (χ1n) is 9.67. The fourth-order valence-electron chi connectivity index (χ4n) is 2.36. The Morgan fingerprint density at radius 3 is 2.00 bits per heavy atom. The zero-order valence-electron chi connectivity index (χ0n) is 18.0. The van der Waals surface area contributed by atoms with Crippen LogP contribution in [0.25, 0.3) is 0 Å². The Morgan fingerprint density at radius 1 is 1.00 bits per heavy atom. The van der Waals surface area contributed by atoms with Crippen molar-refractivity contribution in [1.82, 2.24) is 0 Å². The molecule has 0 amide bonds. The van der Waals surface area contributed by atoms with Gasteiger partial charge in [0.1, 0.15) is 6.61 Å². The summed E-state index contributed by atoms with van der Waals surface area (Å²) in [5, 5.41) is 0.601. The highest BCUT2D eigenvalue weighted by Gasteiger charge is 2.30. The van der Waals surface area contributed by atoms with E-state index in [4.69, 9.17) is 9.47 Å². The molecule has 0 unspecified atom stereocenters. The van der Waals surface area contributed by atoms with Crippen LogP contribution in [0.1, 0.15) is 68.2 Å². The summed E-state index contributed by atoms with van der Waals surface area (Å²) in [5.41, 5.74) is 0.736. The Bertz CT molecular complexity index is 616. The summed E-state index contributed by atoms with van der Waals surface area (Å²) >= 11 is 0. The van der Waals surface area contributed by atoms with Gasteiger partial charge in [0.25, 0.3) is 0 Å². The maximum absolute atomic E-state index is 12.7. The number of hydrogen-bond acceptors (Lipinski definition) is 4. The van der Waals surface area contributed by atoms with Crippen LogP contribution in [0, 0.1) is 5.41 Å². The molecule has 0 saturated heterocycles.